The summed E-state index contributed by atoms with van der Waals surface area (Å²) in [5.74, 6) is -1.27. The lowest BCUT2D eigenvalue weighted by molar-refractivity contribution is -0.161. The van der Waals surface area contributed by atoms with E-state index in [0.29, 0.717) is 25.7 Å². The molecular weight excluding hydrogens is 1230 g/mol. The molecule has 0 aliphatic rings. The molecule has 0 fully saturated rings. The van der Waals surface area contributed by atoms with Gasteiger partial charge in [0.1, 0.15) is 19.3 Å². The van der Waals surface area contributed by atoms with E-state index in [0.717, 1.165) is 109 Å². The van der Waals surface area contributed by atoms with Gasteiger partial charge in [-0.25, -0.2) is 9.13 Å². The van der Waals surface area contributed by atoms with Crippen LogP contribution in [0.1, 0.15) is 394 Å². The fourth-order valence-corrected chi connectivity index (χ4v) is 13.1. The molecule has 0 rings (SSSR count). The van der Waals surface area contributed by atoms with Crippen LogP contribution in [0.5, 0.6) is 0 Å². The SMILES string of the molecule is CCCCCCCCCCCCCCCCCC(=O)OC[C@H](COP(=O)(O)OC[C@@H](O)COP(=O)(O)OC[C@@H](COC(=O)CCCCCCCCC)OC(=O)CCCCCCCCCCCCCCCC)OC(=O)CCCCCCCCCCCCCCCCC(C)CC. The summed E-state index contributed by atoms with van der Waals surface area (Å²) in [5, 5.41) is 10.6. The normalized spacial score (nSPS) is 14.3. The molecule has 0 saturated heterocycles. The van der Waals surface area contributed by atoms with Gasteiger partial charge in [-0.2, -0.15) is 0 Å². The number of hydrogen-bond donors (Lipinski definition) is 3. The second kappa shape index (κ2) is 68.2. The number of hydrogen-bond acceptors (Lipinski definition) is 15. The molecule has 17 nitrogen and oxygen atoms in total. The number of carbonyl (C=O) groups excluding carboxylic acids is 4. The van der Waals surface area contributed by atoms with Gasteiger partial charge in [-0.15, -0.1) is 0 Å². The molecule has 0 aromatic carbocycles. The molecule has 0 saturated carbocycles. The molecule has 0 bridgehead atoms. The van der Waals surface area contributed by atoms with Crippen LogP contribution in [0.25, 0.3) is 0 Å². The number of aliphatic hydroxyl groups is 1. The third kappa shape index (κ3) is 67.3. The van der Waals surface area contributed by atoms with Gasteiger partial charge in [0.25, 0.3) is 0 Å². The van der Waals surface area contributed by atoms with Crippen LogP contribution in [0.2, 0.25) is 0 Å². The summed E-state index contributed by atoms with van der Waals surface area (Å²) in [4.78, 5) is 72.6. The fraction of sp³-hybridized carbons (Fsp3) is 0.947. The smallest absolute Gasteiger partial charge is 0.462 e. The molecule has 3 N–H and O–H groups in total. The van der Waals surface area contributed by atoms with Gasteiger partial charge < -0.3 is 33.8 Å². The summed E-state index contributed by atoms with van der Waals surface area (Å²) in [5.41, 5.74) is 0. The van der Waals surface area contributed by atoms with Crippen molar-refractivity contribution in [1.29, 1.82) is 0 Å². The van der Waals surface area contributed by atoms with Gasteiger partial charge in [0.05, 0.1) is 26.4 Å². The van der Waals surface area contributed by atoms with Crippen molar-refractivity contribution in [3.05, 3.63) is 0 Å². The first-order valence-electron chi connectivity index (χ1n) is 39.2. The maximum atomic E-state index is 13.1. The predicted molar refractivity (Wildman–Crippen MR) is 382 cm³/mol. The average Bonchev–Trinajstić information content (AvgIpc) is 3.77. The zero-order valence-corrected chi connectivity index (χ0v) is 62.9. The van der Waals surface area contributed by atoms with Crippen molar-refractivity contribution in [3.8, 4) is 0 Å². The minimum absolute atomic E-state index is 0.108. The van der Waals surface area contributed by atoms with Crippen molar-refractivity contribution in [2.75, 3.05) is 39.6 Å². The topological polar surface area (TPSA) is 237 Å². The van der Waals surface area contributed by atoms with E-state index in [4.69, 9.17) is 37.0 Å². The Hall–Kier alpha value is -1.94. The molecule has 6 atom stereocenters. The molecule has 19 heteroatoms. The number of rotatable bonds is 75. The molecule has 0 spiro atoms. The summed E-state index contributed by atoms with van der Waals surface area (Å²) >= 11 is 0. The molecule has 0 aromatic rings. The van der Waals surface area contributed by atoms with Crippen LogP contribution in [-0.4, -0.2) is 96.7 Å². The van der Waals surface area contributed by atoms with E-state index in [1.165, 1.54) is 205 Å². The summed E-state index contributed by atoms with van der Waals surface area (Å²) in [6.07, 6.45) is 56.8. The van der Waals surface area contributed by atoms with E-state index in [2.05, 4.69) is 34.6 Å². The first-order valence-corrected chi connectivity index (χ1v) is 42.2. The van der Waals surface area contributed by atoms with E-state index in [1.807, 2.05) is 0 Å². The van der Waals surface area contributed by atoms with E-state index < -0.39 is 97.5 Å². The second-order valence-corrected chi connectivity index (χ2v) is 30.2. The highest BCUT2D eigenvalue weighted by Crippen LogP contribution is 2.45. The maximum Gasteiger partial charge on any atom is 0.472 e. The maximum absolute atomic E-state index is 13.1. The zero-order valence-electron chi connectivity index (χ0n) is 61.1. The Morgan fingerprint density at radius 3 is 0.755 bits per heavy atom. The minimum atomic E-state index is -4.95. The van der Waals surface area contributed by atoms with E-state index in [1.54, 1.807) is 0 Å². The van der Waals surface area contributed by atoms with Crippen molar-refractivity contribution in [1.82, 2.24) is 0 Å². The predicted octanol–water partition coefficient (Wildman–Crippen LogP) is 22.1. The Balaban J connectivity index is 5.20. The first kappa shape index (κ1) is 92.1. The number of ether oxygens (including phenoxy) is 4. The van der Waals surface area contributed by atoms with E-state index in [9.17, 15) is 43.2 Å². The van der Waals surface area contributed by atoms with Gasteiger partial charge >= 0.3 is 39.5 Å². The molecule has 0 aliphatic carbocycles. The Morgan fingerprint density at radius 2 is 0.511 bits per heavy atom. The van der Waals surface area contributed by atoms with E-state index >= 15 is 0 Å². The number of phosphoric ester groups is 2. The van der Waals surface area contributed by atoms with Crippen LogP contribution in [-0.2, 0) is 65.4 Å². The van der Waals surface area contributed by atoms with Crippen LogP contribution >= 0.6 is 15.6 Å². The number of unbranched alkanes of at least 4 members (excludes halogenated alkanes) is 46. The van der Waals surface area contributed by atoms with Gasteiger partial charge in [0.2, 0.25) is 0 Å². The summed E-state index contributed by atoms with van der Waals surface area (Å²) in [7, 11) is -9.90. The number of aliphatic hydroxyl groups excluding tert-OH is 1. The Morgan fingerprint density at radius 1 is 0.298 bits per heavy atom. The summed E-state index contributed by atoms with van der Waals surface area (Å²) < 4.78 is 68.4. The van der Waals surface area contributed by atoms with Crippen LogP contribution in [0, 0.1) is 5.92 Å². The molecule has 0 radical (unpaired) electrons. The molecule has 0 aliphatic heterocycles. The third-order valence-corrected chi connectivity index (χ3v) is 19.8. The lowest BCUT2D eigenvalue weighted by Crippen LogP contribution is -2.30. The highest BCUT2D eigenvalue weighted by atomic mass is 31.2. The summed E-state index contributed by atoms with van der Waals surface area (Å²) in [6, 6.07) is 0. The van der Waals surface area contributed by atoms with Gasteiger partial charge in [-0.1, -0.05) is 343 Å². The standard InChI is InChI=1S/C75H146O17P2/c1-6-10-13-16-19-21-23-25-27-32-35-39-44-49-54-59-73(78)86-65-71(92-75(80)61-56-51-46-41-37-33-29-28-30-34-38-43-47-52-57-68(5)9-4)67-90-94(83,84)88-63-69(76)62-87-93(81,82)89-66-70(64-85-72(77)58-53-48-42-18-15-12-8-3)91-74(79)60-55-50-45-40-36-31-26-24-22-20-17-14-11-7-2/h68-71,76H,6-67H2,1-5H3,(H,81,82)(H,83,84)/t68?,69-,70+,71+/m0/s1. The van der Waals surface area contributed by atoms with Gasteiger partial charge in [-0.3, -0.25) is 37.3 Å². The fourth-order valence-electron chi connectivity index (χ4n) is 11.5. The quantitative estimate of drug-likeness (QED) is 0.0222. The number of phosphoric acid groups is 2. The lowest BCUT2D eigenvalue weighted by atomic mass is 9.99. The van der Waals surface area contributed by atoms with Crippen LogP contribution < -0.4 is 0 Å². The van der Waals surface area contributed by atoms with Crippen LogP contribution in [0.15, 0.2) is 0 Å². The molecule has 3 unspecified atom stereocenters. The van der Waals surface area contributed by atoms with Crippen molar-refractivity contribution >= 4 is 39.5 Å². The van der Waals surface area contributed by atoms with Gasteiger partial charge in [0, 0.05) is 25.7 Å². The monoisotopic (exact) mass is 1380 g/mol. The Kier molecular flexibility index (Phi) is 66.8. The average molecular weight is 1380 g/mol. The van der Waals surface area contributed by atoms with Gasteiger partial charge in [0.15, 0.2) is 12.2 Å². The minimum Gasteiger partial charge on any atom is -0.462 e. The molecule has 0 aromatic heterocycles. The first-order chi connectivity index (χ1) is 45.6. The van der Waals surface area contributed by atoms with E-state index in [-0.39, 0.29) is 25.7 Å². The van der Waals surface area contributed by atoms with Crippen molar-refractivity contribution in [2.24, 2.45) is 5.92 Å². The third-order valence-electron chi connectivity index (χ3n) is 17.9. The Bertz CT molecular complexity index is 1810. The van der Waals surface area contributed by atoms with Crippen LogP contribution in [0.3, 0.4) is 0 Å². The van der Waals surface area contributed by atoms with Gasteiger partial charge in [-0.05, 0) is 31.6 Å². The van der Waals surface area contributed by atoms with Crippen molar-refractivity contribution in [3.63, 3.8) is 0 Å². The highest BCUT2D eigenvalue weighted by Gasteiger charge is 2.30. The van der Waals surface area contributed by atoms with Crippen LogP contribution in [0.4, 0.5) is 0 Å². The molecule has 558 valence electrons. The second-order valence-electron chi connectivity index (χ2n) is 27.3. The largest absolute Gasteiger partial charge is 0.472 e. The highest BCUT2D eigenvalue weighted by molar-refractivity contribution is 7.47. The lowest BCUT2D eigenvalue weighted by Gasteiger charge is -2.21. The molecule has 0 heterocycles. The molecular formula is C75H146O17P2. The van der Waals surface area contributed by atoms with Crippen molar-refractivity contribution in [2.45, 2.75) is 412 Å². The summed E-state index contributed by atoms with van der Waals surface area (Å²) in [6.45, 7) is 7.31. The van der Waals surface area contributed by atoms with Crippen molar-refractivity contribution < 1.29 is 80.2 Å². The number of esters is 4. The molecule has 0 amide bonds. The molecule has 94 heavy (non-hydrogen) atoms. The Labute approximate surface area is 575 Å². The number of carbonyl (C=O) groups is 4. The zero-order chi connectivity index (χ0) is 69.1.